The molecule has 0 aliphatic carbocycles. The Balaban J connectivity index is 1.29. The van der Waals surface area contributed by atoms with Crippen molar-refractivity contribution in [2.45, 2.75) is 78.1 Å². The smallest absolute Gasteiger partial charge is 0.343 e. The van der Waals surface area contributed by atoms with Gasteiger partial charge in [-0.05, 0) is 73.2 Å². The molecule has 0 amide bonds. The molecule has 2 aromatic heterocycles. The minimum Gasteiger partial charge on any atom is -0.423 e. The third-order valence-electron chi connectivity index (χ3n) is 6.75. The van der Waals surface area contributed by atoms with Gasteiger partial charge in [0.25, 0.3) is 0 Å². The lowest BCUT2D eigenvalue weighted by Gasteiger charge is -2.07. The van der Waals surface area contributed by atoms with Crippen molar-refractivity contribution in [1.82, 2.24) is 19.9 Å². The van der Waals surface area contributed by atoms with Gasteiger partial charge in [0, 0.05) is 35.9 Å². The standard InChI is InChI=1S/C33H38N4O2/c1-3-5-7-8-10-12-26-23-36-32(37-24-26)28-17-19-30(20-18-28)39-33(38)29-15-13-27(14-16-29)31-34-21-25(22-35-31)11-9-6-4-2/h13-24H,3-12H2,1-2H3. The van der Waals surface area contributed by atoms with E-state index in [1.807, 2.05) is 49.1 Å². The summed E-state index contributed by atoms with van der Waals surface area (Å²) in [7, 11) is 0. The highest BCUT2D eigenvalue weighted by atomic mass is 16.5. The van der Waals surface area contributed by atoms with Crippen LogP contribution in [-0.4, -0.2) is 25.9 Å². The number of ether oxygens (including phenoxy) is 1. The Labute approximate surface area is 232 Å². The molecule has 0 aliphatic rings. The SMILES string of the molecule is CCCCCCCc1cnc(-c2ccc(OC(=O)c3ccc(-c4ncc(CCCCC)cn4)cc3)cc2)nc1. The average Bonchev–Trinajstić information content (AvgIpc) is 2.98. The molecule has 0 spiro atoms. The fraction of sp³-hybridized carbons (Fsp3) is 0.364. The summed E-state index contributed by atoms with van der Waals surface area (Å²) >= 11 is 0. The van der Waals surface area contributed by atoms with Gasteiger partial charge in [0.05, 0.1) is 5.56 Å². The molecule has 6 nitrogen and oxygen atoms in total. The van der Waals surface area contributed by atoms with Gasteiger partial charge < -0.3 is 4.74 Å². The number of unbranched alkanes of at least 4 members (excludes halogenated alkanes) is 6. The van der Waals surface area contributed by atoms with Crippen molar-refractivity contribution in [2.24, 2.45) is 0 Å². The highest BCUT2D eigenvalue weighted by Crippen LogP contribution is 2.22. The molecule has 0 radical (unpaired) electrons. The van der Waals surface area contributed by atoms with Crippen molar-refractivity contribution in [1.29, 1.82) is 0 Å². The molecule has 0 saturated heterocycles. The predicted octanol–water partition coefficient (Wildman–Crippen LogP) is 8.07. The fourth-order valence-electron chi connectivity index (χ4n) is 4.37. The zero-order valence-electron chi connectivity index (χ0n) is 23.1. The van der Waals surface area contributed by atoms with Crippen LogP contribution in [0, 0.1) is 0 Å². The number of carbonyl (C=O) groups excluding carboxylic acids is 1. The van der Waals surface area contributed by atoms with Gasteiger partial charge in [0.1, 0.15) is 5.75 Å². The summed E-state index contributed by atoms with van der Waals surface area (Å²) in [5, 5.41) is 0. The molecule has 0 fully saturated rings. The van der Waals surface area contributed by atoms with Gasteiger partial charge in [-0.2, -0.15) is 0 Å². The molecule has 2 heterocycles. The first-order valence-corrected chi connectivity index (χ1v) is 14.2. The van der Waals surface area contributed by atoms with E-state index in [4.69, 9.17) is 4.74 Å². The molecular formula is C33H38N4O2. The van der Waals surface area contributed by atoms with Gasteiger partial charge in [-0.3, -0.25) is 0 Å². The van der Waals surface area contributed by atoms with Crippen LogP contribution in [0.2, 0.25) is 0 Å². The van der Waals surface area contributed by atoms with Gasteiger partial charge >= 0.3 is 5.97 Å². The molecule has 0 unspecified atom stereocenters. The Kier molecular flexibility index (Phi) is 10.7. The Hall–Kier alpha value is -3.93. The molecule has 39 heavy (non-hydrogen) atoms. The van der Waals surface area contributed by atoms with E-state index in [0.29, 0.717) is 23.0 Å². The maximum atomic E-state index is 12.7. The number of aryl methyl sites for hydroxylation is 2. The maximum absolute atomic E-state index is 12.7. The quantitative estimate of drug-likeness (QED) is 0.0946. The number of hydrogen-bond acceptors (Lipinski definition) is 6. The number of nitrogens with zero attached hydrogens (tertiary/aromatic N) is 4. The summed E-state index contributed by atoms with van der Waals surface area (Å²) in [5.41, 5.74) is 4.52. The van der Waals surface area contributed by atoms with Crippen molar-refractivity contribution in [3.63, 3.8) is 0 Å². The lowest BCUT2D eigenvalue weighted by atomic mass is 10.1. The number of esters is 1. The third kappa shape index (κ3) is 8.54. The van der Waals surface area contributed by atoms with E-state index in [9.17, 15) is 4.79 Å². The van der Waals surface area contributed by atoms with Crippen LogP contribution in [-0.2, 0) is 12.8 Å². The molecule has 4 rings (SSSR count). The van der Waals surface area contributed by atoms with Gasteiger partial charge in [0.2, 0.25) is 0 Å². The molecule has 0 bridgehead atoms. The van der Waals surface area contributed by atoms with Gasteiger partial charge in [-0.25, -0.2) is 24.7 Å². The number of benzene rings is 2. The molecule has 0 N–H and O–H groups in total. The Bertz CT molecular complexity index is 1290. The number of hydrogen-bond donors (Lipinski definition) is 0. The van der Waals surface area contributed by atoms with Gasteiger partial charge in [-0.1, -0.05) is 64.5 Å². The third-order valence-corrected chi connectivity index (χ3v) is 6.75. The van der Waals surface area contributed by atoms with Crippen LogP contribution in [0.4, 0.5) is 0 Å². The number of aromatic nitrogens is 4. The summed E-state index contributed by atoms with van der Waals surface area (Å²) < 4.78 is 5.58. The predicted molar refractivity (Wildman–Crippen MR) is 156 cm³/mol. The van der Waals surface area contributed by atoms with E-state index in [2.05, 4.69) is 33.8 Å². The van der Waals surface area contributed by atoms with Crippen molar-refractivity contribution in [3.05, 3.63) is 90.0 Å². The Morgan fingerprint density at radius 3 is 1.54 bits per heavy atom. The normalized spacial score (nSPS) is 10.9. The summed E-state index contributed by atoms with van der Waals surface area (Å²) in [6.45, 7) is 4.42. The first kappa shape index (κ1) is 28.1. The minimum atomic E-state index is -0.416. The van der Waals surface area contributed by atoms with Gasteiger partial charge in [0.15, 0.2) is 11.6 Å². The van der Waals surface area contributed by atoms with Crippen molar-refractivity contribution < 1.29 is 9.53 Å². The fourth-order valence-corrected chi connectivity index (χ4v) is 4.37. The van der Waals surface area contributed by atoms with Crippen LogP contribution in [0.3, 0.4) is 0 Å². The second-order valence-corrected chi connectivity index (χ2v) is 9.94. The molecule has 4 aromatic rings. The topological polar surface area (TPSA) is 77.9 Å². The number of rotatable bonds is 14. The first-order valence-electron chi connectivity index (χ1n) is 14.2. The molecule has 0 atom stereocenters. The maximum Gasteiger partial charge on any atom is 0.343 e. The van der Waals surface area contributed by atoms with Crippen LogP contribution in [0.5, 0.6) is 5.75 Å². The second-order valence-electron chi connectivity index (χ2n) is 9.94. The molecule has 0 aliphatic heterocycles. The monoisotopic (exact) mass is 522 g/mol. The largest absolute Gasteiger partial charge is 0.423 e. The molecule has 0 saturated carbocycles. The Morgan fingerprint density at radius 2 is 1.03 bits per heavy atom. The number of carbonyl (C=O) groups is 1. The summed E-state index contributed by atoms with van der Waals surface area (Å²) in [6.07, 6.45) is 19.4. The van der Waals surface area contributed by atoms with E-state index in [1.165, 1.54) is 44.9 Å². The molecular weight excluding hydrogens is 484 g/mol. The van der Waals surface area contributed by atoms with Crippen molar-refractivity contribution in [2.75, 3.05) is 0 Å². The van der Waals surface area contributed by atoms with E-state index < -0.39 is 5.97 Å². The molecule has 202 valence electrons. The highest BCUT2D eigenvalue weighted by molar-refractivity contribution is 5.91. The van der Waals surface area contributed by atoms with E-state index >= 15 is 0 Å². The molecule has 6 heteroatoms. The van der Waals surface area contributed by atoms with Crippen LogP contribution in [0.15, 0.2) is 73.3 Å². The zero-order chi connectivity index (χ0) is 27.3. The van der Waals surface area contributed by atoms with Crippen molar-refractivity contribution >= 4 is 5.97 Å². The van der Waals surface area contributed by atoms with Crippen LogP contribution in [0.25, 0.3) is 22.8 Å². The lowest BCUT2D eigenvalue weighted by molar-refractivity contribution is 0.0735. The molecule has 2 aromatic carbocycles. The van der Waals surface area contributed by atoms with E-state index in [0.717, 1.165) is 41.5 Å². The van der Waals surface area contributed by atoms with Crippen LogP contribution < -0.4 is 4.74 Å². The van der Waals surface area contributed by atoms with E-state index in [-0.39, 0.29) is 0 Å². The highest BCUT2D eigenvalue weighted by Gasteiger charge is 2.11. The summed E-state index contributed by atoms with van der Waals surface area (Å²) in [5.74, 6) is 1.36. The second kappa shape index (κ2) is 14.9. The summed E-state index contributed by atoms with van der Waals surface area (Å²) in [6, 6.07) is 14.4. The summed E-state index contributed by atoms with van der Waals surface area (Å²) in [4.78, 5) is 30.7. The van der Waals surface area contributed by atoms with Gasteiger partial charge in [-0.15, -0.1) is 0 Å². The first-order chi connectivity index (χ1) is 19.2. The minimum absolute atomic E-state index is 0.416. The zero-order valence-corrected chi connectivity index (χ0v) is 23.1. The van der Waals surface area contributed by atoms with Crippen molar-refractivity contribution in [3.8, 4) is 28.5 Å². The average molecular weight is 523 g/mol. The lowest BCUT2D eigenvalue weighted by Crippen LogP contribution is -2.08. The van der Waals surface area contributed by atoms with Crippen LogP contribution in [0.1, 0.15) is 86.7 Å². The van der Waals surface area contributed by atoms with Crippen LogP contribution >= 0.6 is 0 Å². The Morgan fingerprint density at radius 1 is 0.590 bits per heavy atom. The van der Waals surface area contributed by atoms with E-state index in [1.54, 1.807) is 24.3 Å².